The van der Waals surface area contributed by atoms with Gasteiger partial charge in [0.15, 0.2) is 0 Å². The highest BCUT2D eigenvalue weighted by molar-refractivity contribution is 4.83. The number of methoxy groups -OCH3 is 1. The van der Waals surface area contributed by atoms with Crippen LogP contribution >= 0.6 is 0 Å². The van der Waals surface area contributed by atoms with E-state index in [1.807, 2.05) is 0 Å². The van der Waals surface area contributed by atoms with Gasteiger partial charge >= 0.3 is 0 Å². The zero-order valence-electron chi connectivity index (χ0n) is 9.23. The molecule has 1 rings (SSSR count). The van der Waals surface area contributed by atoms with Gasteiger partial charge in [0.25, 0.3) is 0 Å². The van der Waals surface area contributed by atoms with Crippen molar-refractivity contribution in [3.8, 4) is 0 Å². The Morgan fingerprint density at radius 2 is 2.23 bits per heavy atom. The van der Waals surface area contributed by atoms with Gasteiger partial charge in [0.1, 0.15) is 0 Å². The van der Waals surface area contributed by atoms with E-state index in [0.717, 1.165) is 19.2 Å². The minimum absolute atomic E-state index is 0.545. The minimum atomic E-state index is 0.545. The van der Waals surface area contributed by atoms with Crippen LogP contribution in [0.3, 0.4) is 0 Å². The SMILES string of the molecule is COCCN[C@@H]1CCCC(C)(C)C1. The summed E-state index contributed by atoms with van der Waals surface area (Å²) >= 11 is 0. The average molecular weight is 185 g/mol. The van der Waals surface area contributed by atoms with Gasteiger partial charge in [0.05, 0.1) is 6.61 Å². The molecule has 1 fully saturated rings. The Balaban J connectivity index is 2.19. The van der Waals surface area contributed by atoms with E-state index in [-0.39, 0.29) is 0 Å². The fourth-order valence-corrected chi connectivity index (χ4v) is 2.24. The number of rotatable bonds is 4. The maximum atomic E-state index is 5.02. The van der Waals surface area contributed by atoms with Crippen molar-refractivity contribution >= 4 is 0 Å². The second-order valence-electron chi connectivity index (χ2n) is 4.90. The Kier molecular flexibility index (Phi) is 4.20. The molecule has 2 nitrogen and oxygen atoms in total. The van der Waals surface area contributed by atoms with Crippen molar-refractivity contribution in [2.75, 3.05) is 20.3 Å². The molecule has 0 aromatic rings. The van der Waals surface area contributed by atoms with Crippen LogP contribution in [0.25, 0.3) is 0 Å². The van der Waals surface area contributed by atoms with Crippen LogP contribution in [0, 0.1) is 5.41 Å². The summed E-state index contributed by atoms with van der Waals surface area (Å²) in [6.07, 6.45) is 5.41. The molecule has 0 aromatic heterocycles. The molecule has 78 valence electrons. The van der Waals surface area contributed by atoms with Crippen molar-refractivity contribution < 1.29 is 4.74 Å². The van der Waals surface area contributed by atoms with Gasteiger partial charge in [0.2, 0.25) is 0 Å². The summed E-state index contributed by atoms with van der Waals surface area (Å²) in [7, 11) is 1.76. The van der Waals surface area contributed by atoms with Gasteiger partial charge in [-0.1, -0.05) is 20.3 Å². The first-order valence-corrected chi connectivity index (χ1v) is 5.36. The predicted molar refractivity (Wildman–Crippen MR) is 55.9 cm³/mol. The second kappa shape index (κ2) is 4.97. The summed E-state index contributed by atoms with van der Waals surface area (Å²) in [5.74, 6) is 0. The molecule has 1 atom stereocenters. The molecular formula is C11H23NO. The predicted octanol–water partition coefficient (Wildman–Crippen LogP) is 2.19. The quantitative estimate of drug-likeness (QED) is 0.678. The molecule has 0 radical (unpaired) electrons. The molecule has 13 heavy (non-hydrogen) atoms. The maximum absolute atomic E-state index is 5.02. The first-order valence-electron chi connectivity index (χ1n) is 5.36. The fraction of sp³-hybridized carbons (Fsp3) is 1.00. The highest BCUT2D eigenvalue weighted by Gasteiger charge is 2.27. The number of nitrogens with one attached hydrogen (secondary N) is 1. The van der Waals surface area contributed by atoms with Crippen molar-refractivity contribution in [2.24, 2.45) is 5.41 Å². The van der Waals surface area contributed by atoms with Gasteiger partial charge < -0.3 is 10.1 Å². The molecule has 1 N–H and O–H groups in total. The van der Waals surface area contributed by atoms with Crippen LogP contribution in [0.1, 0.15) is 39.5 Å². The third-order valence-corrected chi connectivity index (χ3v) is 2.94. The molecule has 0 bridgehead atoms. The lowest BCUT2D eigenvalue weighted by Crippen LogP contribution is -2.38. The normalized spacial score (nSPS) is 27.5. The maximum Gasteiger partial charge on any atom is 0.0587 e. The molecule has 2 heteroatoms. The first kappa shape index (κ1) is 11.0. The Morgan fingerprint density at radius 1 is 1.46 bits per heavy atom. The summed E-state index contributed by atoms with van der Waals surface area (Å²) in [6, 6.07) is 0.721. The van der Waals surface area contributed by atoms with Crippen LogP contribution in [0.5, 0.6) is 0 Å². The third kappa shape index (κ3) is 4.10. The minimum Gasteiger partial charge on any atom is -0.383 e. The average Bonchev–Trinajstić information content (AvgIpc) is 2.03. The van der Waals surface area contributed by atoms with Crippen molar-refractivity contribution in [1.82, 2.24) is 5.32 Å². The van der Waals surface area contributed by atoms with Crippen LogP contribution in [0.2, 0.25) is 0 Å². The smallest absolute Gasteiger partial charge is 0.0587 e. The summed E-state index contributed by atoms with van der Waals surface area (Å²) in [6.45, 7) is 6.57. The molecule has 1 saturated carbocycles. The number of hydrogen-bond donors (Lipinski definition) is 1. The fourth-order valence-electron chi connectivity index (χ4n) is 2.24. The first-order chi connectivity index (χ1) is 6.14. The zero-order valence-corrected chi connectivity index (χ0v) is 9.23. The van der Waals surface area contributed by atoms with E-state index in [9.17, 15) is 0 Å². The second-order valence-corrected chi connectivity index (χ2v) is 4.90. The van der Waals surface area contributed by atoms with Crippen LogP contribution in [0.15, 0.2) is 0 Å². The lowest BCUT2D eigenvalue weighted by atomic mass is 9.75. The van der Waals surface area contributed by atoms with Crippen LogP contribution < -0.4 is 5.32 Å². The van der Waals surface area contributed by atoms with E-state index in [4.69, 9.17) is 4.74 Å². The van der Waals surface area contributed by atoms with Crippen LogP contribution in [0.4, 0.5) is 0 Å². The van der Waals surface area contributed by atoms with Crippen molar-refractivity contribution in [3.63, 3.8) is 0 Å². The molecule has 0 aromatic carbocycles. The van der Waals surface area contributed by atoms with Crippen LogP contribution in [-0.2, 0) is 4.74 Å². The van der Waals surface area contributed by atoms with E-state index in [1.54, 1.807) is 7.11 Å². The van der Waals surface area contributed by atoms with Gasteiger partial charge in [-0.15, -0.1) is 0 Å². The van der Waals surface area contributed by atoms with Gasteiger partial charge in [-0.3, -0.25) is 0 Å². The summed E-state index contributed by atoms with van der Waals surface area (Å²) in [5.41, 5.74) is 0.545. The van der Waals surface area contributed by atoms with Crippen molar-refractivity contribution in [2.45, 2.75) is 45.6 Å². The Labute approximate surface area is 82.0 Å². The van der Waals surface area contributed by atoms with Crippen LogP contribution in [-0.4, -0.2) is 26.3 Å². The highest BCUT2D eigenvalue weighted by atomic mass is 16.5. The molecule has 0 amide bonds. The van der Waals surface area contributed by atoms with Gasteiger partial charge in [-0.05, 0) is 24.7 Å². The number of hydrogen-bond acceptors (Lipinski definition) is 2. The Morgan fingerprint density at radius 3 is 2.85 bits per heavy atom. The Bertz CT molecular complexity index is 145. The monoisotopic (exact) mass is 185 g/mol. The molecule has 0 spiro atoms. The number of ether oxygens (including phenoxy) is 1. The summed E-state index contributed by atoms with van der Waals surface area (Å²) in [4.78, 5) is 0. The zero-order chi connectivity index (χ0) is 9.73. The Hall–Kier alpha value is -0.0800. The molecule has 0 unspecified atom stereocenters. The van der Waals surface area contributed by atoms with E-state index < -0.39 is 0 Å². The molecule has 1 aliphatic rings. The van der Waals surface area contributed by atoms with E-state index >= 15 is 0 Å². The molecule has 0 saturated heterocycles. The van der Waals surface area contributed by atoms with Gasteiger partial charge in [-0.2, -0.15) is 0 Å². The summed E-state index contributed by atoms with van der Waals surface area (Å²) in [5, 5.41) is 3.55. The lowest BCUT2D eigenvalue weighted by Gasteiger charge is -2.35. The highest BCUT2D eigenvalue weighted by Crippen LogP contribution is 2.34. The van der Waals surface area contributed by atoms with E-state index in [2.05, 4.69) is 19.2 Å². The third-order valence-electron chi connectivity index (χ3n) is 2.94. The molecular weight excluding hydrogens is 162 g/mol. The largest absolute Gasteiger partial charge is 0.383 e. The van der Waals surface area contributed by atoms with E-state index in [1.165, 1.54) is 25.7 Å². The van der Waals surface area contributed by atoms with E-state index in [0.29, 0.717) is 5.41 Å². The standard InChI is InChI=1S/C11H23NO/c1-11(2)6-4-5-10(9-11)12-7-8-13-3/h10,12H,4-9H2,1-3H3/t10-/m1/s1. The van der Waals surface area contributed by atoms with Gasteiger partial charge in [0, 0.05) is 19.7 Å². The molecule has 0 aliphatic heterocycles. The molecule has 0 heterocycles. The van der Waals surface area contributed by atoms with Crippen molar-refractivity contribution in [1.29, 1.82) is 0 Å². The van der Waals surface area contributed by atoms with Gasteiger partial charge in [-0.25, -0.2) is 0 Å². The lowest BCUT2D eigenvalue weighted by molar-refractivity contribution is 0.168. The summed E-state index contributed by atoms with van der Waals surface area (Å²) < 4.78 is 5.02. The molecule has 1 aliphatic carbocycles. The topological polar surface area (TPSA) is 21.3 Å². The van der Waals surface area contributed by atoms with Crippen molar-refractivity contribution in [3.05, 3.63) is 0 Å².